The molecule has 13 heteroatoms. The standard InChI is InChI=1S/C23H21N5O7S/c1-5-18(30)26-15-9-7-6-8-14(15)19-21(31)24-23(36-4)25-27(19)22(26)13-10-16(28(32)33)20(35-12(2)29)17(11-13)34-3/h6-11,22H,5H2,1-4H3/p+1/t22-/m0/s1. The lowest BCUT2D eigenvalue weighted by atomic mass is 10.0. The number of anilines is 1. The smallest absolute Gasteiger partial charge is 0.325 e. The molecule has 36 heavy (non-hydrogen) atoms. The van der Waals surface area contributed by atoms with E-state index in [0.717, 1.165) is 6.92 Å². The predicted molar refractivity (Wildman–Crippen MR) is 129 cm³/mol. The molecule has 2 heterocycles. The number of benzene rings is 2. The number of para-hydroxylation sites is 1. The van der Waals surface area contributed by atoms with E-state index in [1.54, 1.807) is 37.4 Å². The third-order valence-electron chi connectivity index (χ3n) is 5.54. The van der Waals surface area contributed by atoms with Crippen LogP contribution < -0.4 is 24.6 Å². The van der Waals surface area contributed by atoms with Crippen LogP contribution in [0.15, 0.2) is 46.3 Å². The molecule has 0 saturated carbocycles. The van der Waals surface area contributed by atoms with Crippen LogP contribution in [0.3, 0.4) is 0 Å². The van der Waals surface area contributed by atoms with Crippen LogP contribution in [0.5, 0.6) is 11.5 Å². The van der Waals surface area contributed by atoms with Gasteiger partial charge in [-0.25, -0.2) is 4.90 Å². The van der Waals surface area contributed by atoms with Gasteiger partial charge in [0.2, 0.25) is 16.8 Å². The summed E-state index contributed by atoms with van der Waals surface area (Å²) >= 11 is 1.19. The number of nitrogens with zero attached hydrogens (tertiary/aromatic N) is 4. The van der Waals surface area contributed by atoms with Crippen LogP contribution in [0.25, 0.3) is 11.3 Å². The molecule has 0 saturated heterocycles. The Kier molecular flexibility index (Phi) is 6.75. The van der Waals surface area contributed by atoms with Crippen molar-refractivity contribution in [2.75, 3.05) is 18.3 Å². The summed E-state index contributed by atoms with van der Waals surface area (Å²) in [6, 6.07) is 9.48. The Morgan fingerprint density at radius 2 is 2.03 bits per heavy atom. The highest BCUT2D eigenvalue weighted by atomic mass is 32.2. The van der Waals surface area contributed by atoms with Crippen LogP contribution >= 0.6 is 11.8 Å². The van der Waals surface area contributed by atoms with E-state index in [-0.39, 0.29) is 40.2 Å². The van der Waals surface area contributed by atoms with E-state index in [2.05, 4.69) is 10.1 Å². The van der Waals surface area contributed by atoms with Crippen molar-refractivity contribution in [3.8, 4) is 22.8 Å². The van der Waals surface area contributed by atoms with Crippen molar-refractivity contribution in [1.29, 1.82) is 0 Å². The number of thioether (sulfide) groups is 1. The number of esters is 1. The van der Waals surface area contributed by atoms with Crippen LogP contribution in [0, 0.1) is 10.1 Å². The molecule has 186 valence electrons. The second-order valence-corrected chi connectivity index (χ2v) is 8.48. The molecule has 1 aliphatic rings. The molecule has 0 bridgehead atoms. The van der Waals surface area contributed by atoms with Gasteiger partial charge in [-0.3, -0.25) is 29.5 Å². The molecule has 1 amide bonds. The van der Waals surface area contributed by atoms with E-state index in [1.807, 2.05) is 0 Å². The Hall–Kier alpha value is -4.26. The van der Waals surface area contributed by atoms with Crippen LogP contribution in [0.1, 0.15) is 32.0 Å². The van der Waals surface area contributed by atoms with Gasteiger partial charge < -0.3 is 9.47 Å². The largest absolute Gasteiger partial charge is 0.493 e. The number of nitro groups is 1. The normalized spacial score (nSPS) is 14.0. The van der Waals surface area contributed by atoms with E-state index in [1.165, 1.54) is 40.6 Å². The summed E-state index contributed by atoms with van der Waals surface area (Å²) in [7, 11) is 1.27. The first-order chi connectivity index (χ1) is 17.2. The third-order valence-corrected chi connectivity index (χ3v) is 6.11. The Morgan fingerprint density at radius 1 is 1.31 bits per heavy atom. The second-order valence-electron chi connectivity index (χ2n) is 7.69. The van der Waals surface area contributed by atoms with E-state index >= 15 is 0 Å². The van der Waals surface area contributed by atoms with E-state index in [4.69, 9.17) is 9.47 Å². The molecule has 0 aliphatic carbocycles. The molecule has 12 nitrogen and oxygen atoms in total. The quantitative estimate of drug-likeness (QED) is 0.131. The van der Waals surface area contributed by atoms with Gasteiger partial charge in [-0.05, 0) is 29.1 Å². The highest BCUT2D eigenvalue weighted by Crippen LogP contribution is 2.43. The highest BCUT2D eigenvalue weighted by Gasteiger charge is 2.46. The summed E-state index contributed by atoms with van der Waals surface area (Å²) in [6.45, 7) is 2.80. The van der Waals surface area contributed by atoms with Crippen molar-refractivity contribution in [2.45, 2.75) is 31.6 Å². The maximum Gasteiger partial charge on any atom is 0.325 e. The first kappa shape index (κ1) is 24.9. The van der Waals surface area contributed by atoms with E-state index < -0.39 is 28.3 Å². The lowest BCUT2D eigenvalue weighted by Crippen LogP contribution is -2.60. The highest BCUT2D eigenvalue weighted by molar-refractivity contribution is 7.98. The molecular weight excluding hydrogens is 490 g/mol. The molecule has 0 radical (unpaired) electrons. The number of fused-ring (bicyclic) bond motifs is 3. The van der Waals surface area contributed by atoms with Crippen molar-refractivity contribution < 1.29 is 28.7 Å². The van der Waals surface area contributed by atoms with Crippen molar-refractivity contribution in [3.63, 3.8) is 0 Å². The van der Waals surface area contributed by atoms with Crippen LogP contribution in [0.2, 0.25) is 0 Å². The Morgan fingerprint density at radius 3 is 2.64 bits per heavy atom. The summed E-state index contributed by atoms with van der Waals surface area (Å²) in [5.41, 5.74) is 0.355. The number of rotatable bonds is 6. The lowest BCUT2D eigenvalue weighted by Gasteiger charge is -2.32. The summed E-state index contributed by atoms with van der Waals surface area (Å²) in [4.78, 5) is 53.5. The second kappa shape index (κ2) is 9.77. The summed E-state index contributed by atoms with van der Waals surface area (Å²) in [5, 5.41) is 16.8. The lowest BCUT2D eigenvalue weighted by molar-refractivity contribution is -0.763. The zero-order valence-corrected chi connectivity index (χ0v) is 20.6. The number of carbonyl (C=O) groups is 2. The van der Waals surface area contributed by atoms with Crippen molar-refractivity contribution in [2.24, 2.45) is 0 Å². The molecule has 0 fully saturated rings. The van der Waals surface area contributed by atoms with E-state index in [9.17, 15) is 24.5 Å². The Bertz CT molecular complexity index is 1460. The van der Waals surface area contributed by atoms with Crippen molar-refractivity contribution in [1.82, 2.24) is 10.1 Å². The van der Waals surface area contributed by atoms with Gasteiger partial charge in [-0.15, -0.1) is 0 Å². The van der Waals surface area contributed by atoms with Crippen molar-refractivity contribution >= 4 is 35.0 Å². The average Bonchev–Trinajstić information content (AvgIpc) is 2.86. The SMILES string of the molecule is CCC(=O)N1c2ccccc2-c2c(=O)[nH]c(SC)n[n+]2[C@H]1c1cc(OC)c(OC(C)=O)c([N+](=O)[O-])c1. The predicted octanol–water partition coefficient (Wildman–Crippen LogP) is 2.59. The van der Waals surface area contributed by atoms with Gasteiger partial charge in [-0.2, -0.15) is 0 Å². The minimum atomic E-state index is -1.07. The first-order valence-corrected chi connectivity index (χ1v) is 12.0. The number of aromatic nitrogens is 3. The summed E-state index contributed by atoms with van der Waals surface area (Å²) in [5.74, 6) is -1.52. The molecule has 1 aromatic heterocycles. The van der Waals surface area contributed by atoms with Gasteiger partial charge in [-0.1, -0.05) is 30.8 Å². The summed E-state index contributed by atoms with van der Waals surface area (Å²) < 4.78 is 11.8. The minimum Gasteiger partial charge on any atom is -0.493 e. The number of aromatic amines is 1. The number of hydrogen-bond donors (Lipinski definition) is 1. The number of H-pyrrole nitrogens is 1. The fraction of sp³-hybridized carbons (Fsp3) is 0.261. The monoisotopic (exact) mass is 512 g/mol. The van der Waals surface area contributed by atoms with Crippen LogP contribution in [-0.2, 0) is 9.59 Å². The molecule has 3 aromatic rings. The van der Waals surface area contributed by atoms with E-state index in [0.29, 0.717) is 11.3 Å². The number of amides is 1. The molecule has 1 N–H and O–H groups in total. The Balaban J connectivity index is 2.11. The average molecular weight is 513 g/mol. The number of nitrogens with one attached hydrogen (secondary N) is 1. The van der Waals surface area contributed by atoms with Crippen LogP contribution in [-0.4, -0.2) is 40.2 Å². The fourth-order valence-electron chi connectivity index (χ4n) is 4.10. The van der Waals surface area contributed by atoms with Crippen LogP contribution in [0.4, 0.5) is 11.4 Å². The zero-order valence-electron chi connectivity index (χ0n) is 19.8. The van der Waals surface area contributed by atoms with Gasteiger partial charge >= 0.3 is 22.9 Å². The molecule has 2 aromatic carbocycles. The molecule has 1 atom stereocenters. The number of ether oxygens (including phenoxy) is 2. The topological polar surface area (TPSA) is 149 Å². The van der Waals surface area contributed by atoms with Crippen molar-refractivity contribution in [3.05, 3.63) is 62.4 Å². The van der Waals surface area contributed by atoms with Gasteiger partial charge in [0.15, 0.2) is 5.75 Å². The first-order valence-electron chi connectivity index (χ1n) is 10.8. The van der Waals surface area contributed by atoms with Gasteiger partial charge in [0, 0.05) is 24.5 Å². The number of hydrogen-bond acceptors (Lipinski definition) is 9. The Labute approximate surface area is 209 Å². The minimum absolute atomic E-state index is 0.0887. The molecule has 1 aliphatic heterocycles. The maximum absolute atomic E-state index is 13.3. The molecule has 0 unspecified atom stereocenters. The third kappa shape index (κ3) is 4.17. The molecule has 4 rings (SSSR count). The van der Waals surface area contributed by atoms with Gasteiger partial charge in [0.05, 0.1) is 28.8 Å². The fourth-order valence-corrected chi connectivity index (χ4v) is 4.46. The number of nitro benzene ring substituents is 1. The zero-order chi connectivity index (χ0) is 26.1. The van der Waals surface area contributed by atoms with Gasteiger partial charge in [0.25, 0.3) is 6.17 Å². The van der Waals surface area contributed by atoms with Gasteiger partial charge in [0.1, 0.15) is 0 Å². The maximum atomic E-state index is 13.3. The number of methoxy groups -OCH3 is 1. The summed E-state index contributed by atoms with van der Waals surface area (Å²) in [6.07, 6.45) is 0.771. The molecule has 0 spiro atoms. The number of carbonyl (C=O) groups excluding carboxylic acids is 2. The molecular formula is C23H22N5O7S+.